The van der Waals surface area contributed by atoms with Gasteiger partial charge >= 0.3 is 0 Å². The number of hydrogen-bond acceptors (Lipinski definition) is 4. The van der Waals surface area contributed by atoms with E-state index in [1.54, 1.807) is 11.3 Å². The molecule has 3 nitrogen and oxygen atoms in total. The molecule has 0 aromatic carbocycles. The Labute approximate surface area is 106 Å². The molecule has 4 heteroatoms. The summed E-state index contributed by atoms with van der Waals surface area (Å²) < 4.78 is 0. The minimum atomic E-state index is 0.834. The lowest BCUT2D eigenvalue weighted by Crippen LogP contribution is -2.46. The summed E-state index contributed by atoms with van der Waals surface area (Å²) in [4.78, 5) is 16.5. The summed E-state index contributed by atoms with van der Waals surface area (Å²) in [6.07, 6.45) is 3.82. The van der Waals surface area contributed by atoms with Gasteiger partial charge in [-0.2, -0.15) is 0 Å². The summed E-state index contributed by atoms with van der Waals surface area (Å²) in [5.74, 6) is 0.990. The highest BCUT2D eigenvalue weighted by Crippen LogP contribution is 2.30. The molecular formula is C13H18N2OS. The van der Waals surface area contributed by atoms with Gasteiger partial charge in [-0.3, -0.25) is 9.69 Å². The molecule has 1 saturated carbocycles. The van der Waals surface area contributed by atoms with Gasteiger partial charge in [0.2, 0.25) is 0 Å². The molecule has 92 valence electrons. The van der Waals surface area contributed by atoms with Crippen molar-refractivity contribution in [1.82, 2.24) is 4.90 Å². The molecule has 1 aromatic rings. The minimum absolute atomic E-state index is 0.834. The van der Waals surface area contributed by atoms with Crippen LogP contribution in [0.3, 0.4) is 0 Å². The van der Waals surface area contributed by atoms with Crippen LogP contribution in [0.1, 0.15) is 22.5 Å². The van der Waals surface area contributed by atoms with Crippen LogP contribution in [0.15, 0.2) is 11.4 Å². The second-order valence-electron chi connectivity index (χ2n) is 5.06. The van der Waals surface area contributed by atoms with Crippen molar-refractivity contribution < 1.29 is 4.79 Å². The van der Waals surface area contributed by atoms with Gasteiger partial charge in [0.1, 0.15) is 0 Å². The number of hydrogen-bond donors (Lipinski definition) is 0. The van der Waals surface area contributed by atoms with Gasteiger partial charge in [-0.15, -0.1) is 11.3 Å². The second-order valence-corrected chi connectivity index (χ2v) is 6.00. The molecule has 2 fully saturated rings. The maximum absolute atomic E-state index is 10.7. The summed E-state index contributed by atoms with van der Waals surface area (Å²) >= 11 is 1.54. The number of aldehydes is 1. The summed E-state index contributed by atoms with van der Waals surface area (Å²) in [5, 5.41) is 2.10. The van der Waals surface area contributed by atoms with Gasteiger partial charge in [0, 0.05) is 43.8 Å². The molecular weight excluding hydrogens is 232 g/mol. The molecule has 0 amide bonds. The van der Waals surface area contributed by atoms with Crippen LogP contribution in [-0.4, -0.2) is 43.9 Å². The first kappa shape index (κ1) is 11.2. The Morgan fingerprint density at radius 3 is 2.65 bits per heavy atom. The van der Waals surface area contributed by atoms with Crippen molar-refractivity contribution in [2.24, 2.45) is 5.92 Å². The Bertz CT molecular complexity index is 392. The molecule has 2 heterocycles. The number of anilines is 1. The highest BCUT2D eigenvalue weighted by molar-refractivity contribution is 7.12. The maximum Gasteiger partial charge on any atom is 0.160 e. The van der Waals surface area contributed by atoms with Gasteiger partial charge in [-0.25, -0.2) is 0 Å². The first-order valence-corrected chi connectivity index (χ1v) is 7.24. The lowest BCUT2D eigenvalue weighted by molar-refractivity contribution is 0.112. The summed E-state index contributed by atoms with van der Waals surface area (Å²) in [5.41, 5.74) is 1.23. The Hall–Kier alpha value is -0.870. The van der Waals surface area contributed by atoms with E-state index in [0.717, 1.165) is 30.2 Å². The van der Waals surface area contributed by atoms with Gasteiger partial charge in [0.05, 0.1) is 4.88 Å². The van der Waals surface area contributed by atoms with E-state index in [1.165, 1.54) is 38.2 Å². The van der Waals surface area contributed by atoms with Crippen LogP contribution in [0.4, 0.5) is 5.69 Å². The first-order valence-electron chi connectivity index (χ1n) is 6.36. The molecule has 1 aliphatic carbocycles. The lowest BCUT2D eigenvalue weighted by Gasteiger charge is -2.35. The molecule has 0 spiro atoms. The molecule has 0 atom stereocenters. The Morgan fingerprint density at radius 2 is 2.06 bits per heavy atom. The first-order chi connectivity index (χ1) is 8.35. The average molecular weight is 250 g/mol. The number of carbonyl (C=O) groups is 1. The highest BCUT2D eigenvalue weighted by Gasteiger charge is 2.26. The van der Waals surface area contributed by atoms with Crippen molar-refractivity contribution in [3.8, 4) is 0 Å². The van der Waals surface area contributed by atoms with E-state index in [9.17, 15) is 4.79 Å². The third-order valence-electron chi connectivity index (χ3n) is 3.67. The van der Waals surface area contributed by atoms with Crippen LogP contribution >= 0.6 is 11.3 Å². The molecule has 2 aliphatic rings. The van der Waals surface area contributed by atoms with Crippen LogP contribution in [0.2, 0.25) is 0 Å². The Kier molecular flexibility index (Phi) is 3.16. The Morgan fingerprint density at radius 1 is 1.29 bits per heavy atom. The normalized spacial score (nSPS) is 21.8. The fraction of sp³-hybridized carbons (Fsp3) is 0.615. The fourth-order valence-electron chi connectivity index (χ4n) is 2.42. The van der Waals surface area contributed by atoms with Gasteiger partial charge in [0.25, 0.3) is 0 Å². The number of thiophene rings is 1. The molecule has 0 radical (unpaired) electrons. The second kappa shape index (κ2) is 4.78. The monoisotopic (exact) mass is 250 g/mol. The predicted molar refractivity (Wildman–Crippen MR) is 71.1 cm³/mol. The van der Waals surface area contributed by atoms with Crippen LogP contribution in [0, 0.1) is 5.92 Å². The molecule has 0 bridgehead atoms. The zero-order chi connectivity index (χ0) is 11.7. The molecule has 1 aromatic heterocycles. The quantitative estimate of drug-likeness (QED) is 0.765. The van der Waals surface area contributed by atoms with Crippen molar-refractivity contribution in [2.45, 2.75) is 12.8 Å². The molecule has 0 unspecified atom stereocenters. The zero-order valence-electron chi connectivity index (χ0n) is 9.97. The van der Waals surface area contributed by atoms with E-state index in [-0.39, 0.29) is 0 Å². The van der Waals surface area contributed by atoms with Crippen molar-refractivity contribution in [3.05, 3.63) is 16.3 Å². The van der Waals surface area contributed by atoms with Gasteiger partial charge in [0.15, 0.2) is 6.29 Å². The Balaban J connectivity index is 1.54. The molecule has 1 saturated heterocycles. The number of carbonyl (C=O) groups excluding carboxylic acids is 1. The van der Waals surface area contributed by atoms with Crippen LogP contribution in [0.25, 0.3) is 0 Å². The van der Waals surface area contributed by atoms with Gasteiger partial charge < -0.3 is 4.90 Å². The van der Waals surface area contributed by atoms with Crippen LogP contribution in [-0.2, 0) is 0 Å². The smallest absolute Gasteiger partial charge is 0.160 e. The standard InChI is InChI=1S/C13H18N2OS/c16-9-13-7-12(10-17-13)15-5-3-14(4-6-15)8-11-1-2-11/h7,9-11H,1-6,8H2. The summed E-state index contributed by atoms with van der Waals surface area (Å²) in [6.45, 7) is 5.84. The molecule has 1 aliphatic heterocycles. The minimum Gasteiger partial charge on any atom is -0.368 e. The predicted octanol–water partition coefficient (Wildman–Crippen LogP) is 2.09. The van der Waals surface area contributed by atoms with Crippen molar-refractivity contribution in [1.29, 1.82) is 0 Å². The van der Waals surface area contributed by atoms with E-state index in [4.69, 9.17) is 0 Å². The van der Waals surface area contributed by atoms with E-state index >= 15 is 0 Å². The van der Waals surface area contributed by atoms with Crippen molar-refractivity contribution in [2.75, 3.05) is 37.6 Å². The summed E-state index contributed by atoms with van der Waals surface area (Å²) in [7, 11) is 0. The summed E-state index contributed by atoms with van der Waals surface area (Å²) in [6, 6.07) is 2.01. The fourth-order valence-corrected chi connectivity index (χ4v) is 3.14. The highest BCUT2D eigenvalue weighted by atomic mass is 32.1. The molecule has 3 rings (SSSR count). The van der Waals surface area contributed by atoms with E-state index in [1.807, 2.05) is 6.07 Å². The van der Waals surface area contributed by atoms with Gasteiger partial charge in [-0.1, -0.05) is 0 Å². The van der Waals surface area contributed by atoms with Crippen LogP contribution < -0.4 is 4.90 Å². The molecule has 0 N–H and O–H groups in total. The van der Waals surface area contributed by atoms with E-state index in [0.29, 0.717) is 0 Å². The average Bonchev–Trinajstić information content (AvgIpc) is 3.05. The third-order valence-corrected chi connectivity index (χ3v) is 4.52. The number of rotatable bonds is 4. The number of nitrogens with zero attached hydrogens (tertiary/aromatic N) is 2. The topological polar surface area (TPSA) is 23.6 Å². The van der Waals surface area contributed by atoms with E-state index < -0.39 is 0 Å². The van der Waals surface area contributed by atoms with Crippen molar-refractivity contribution >= 4 is 23.3 Å². The largest absolute Gasteiger partial charge is 0.368 e. The molecule has 17 heavy (non-hydrogen) atoms. The van der Waals surface area contributed by atoms with Crippen LogP contribution in [0.5, 0.6) is 0 Å². The SMILES string of the molecule is O=Cc1cc(N2CCN(CC3CC3)CC2)cs1. The van der Waals surface area contributed by atoms with Gasteiger partial charge in [-0.05, 0) is 24.8 Å². The maximum atomic E-state index is 10.7. The van der Waals surface area contributed by atoms with E-state index in [2.05, 4.69) is 15.2 Å². The third kappa shape index (κ3) is 2.69. The lowest BCUT2D eigenvalue weighted by atomic mass is 10.2. The number of piperazine rings is 1. The zero-order valence-corrected chi connectivity index (χ0v) is 10.8. The van der Waals surface area contributed by atoms with Crippen molar-refractivity contribution in [3.63, 3.8) is 0 Å².